The first-order valence-corrected chi connectivity index (χ1v) is 7.69. The average molecular weight is 309 g/mol. The number of amides is 1. The first-order valence-electron chi connectivity index (χ1n) is 6.87. The number of nitrogens with zero attached hydrogens (tertiary/aromatic N) is 1. The fraction of sp³-hybridized carbons (Fsp3) is 0.467. The molecule has 114 valence electrons. The zero-order chi connectivity index (χ0) is 15.6. The summed E-state index contributed by atoms with van der Waals surface area (Å²) in [6.45, 7) is 4.85. The van der Waals surface area contributed by atoms with Crippen LogP contribution in [-0.2, 0) is 4.79 Å². The summed E-state index contributed by atoms with van der Waals surface area (Å²) in [5, 5.41) is 18.2. The second-order valence-electron chi connectivity index (χ2n) is 5.37. The maximum Gasteiger partial charge on any atom is 0.328 e. The predicted octanol–water partition coefficient (Wildman–Crippen LogP) is 2.00. The van der Waals surface area contributed by atoms with E-state index >= 15 is 0 Å². The number of hydrogen-bond donors (Lipinski definition) is 2. The summed E-state index contributed by atoms with van der Waals surface area (Å²) in [7, 11) is 0. The fourth-order valence-corrected chi connectivity index (χ4v) is 3.48. The van der Waals surface area contributed by atoms with Gasteiger partial charge in [-0.3, -0.25) is 4.79 Å². The number of aryl methyl sites for hydroxylation is 1. The van der Waals surface area contributed by atoms with Crippen LogP contribution in [0.2, 0.25) is 0 Å². The summed E-state index contributed by atoms with van der Waals surface area (Å²) in [5.41, 5.74) is 0.895. The van der Waals surface area contributed by atoms with Crippen LogP contribution < -0.4 is 0 Å². The second-order valence-corrected chi connectivity index (χ2v) is 6.45. The van der Waals surface area contributed by atoms with Crippen LogP contribution in [0.1, 0.15) is 33.5 Å². The normalized spacial score (nSPS) is 20.1. The van der Waals surface area contributed by atoms with Crippen LogP contribution in [0.4, 0.5) is 0 Å². The maximum atomic E-state index is 12.4. The molecule has 0 aliphatic carbocycles. The molecule has 1 amide bonds. The van der Waals surface area contributed by atoms with E-state index in [-0.39, 0.29) is 11.8 Å². The van der Waals surface area contributed by atoms with Crippen LogP contribution in [0.25, 0.3) is 6.08 Å². The molecule has 21 heavy (non-hydrogen) atoms. The smallest absolute Gasteiger partial charge is 0.328 e. The summed E-state index contributed by atoms with van der Waals surface area (Å²) < 4.78 is 0. The van der Waals surface area contributed by atoms with E-state index in [4.69, 9.17) is 5.11 Å². The third-order valence-corrected chi connectivity index (χ3v) is 4.93. The van der Waals surface area contributed by atoms with Gasteiger partial charge in [-0.25, -0.2) is 4.79 Å². The van der Waals surface area contributed by atoms with Crippen molar-refractivity contribution in [2.45, 2.75) is 26.4 Å². The number of rotatable bonds is 4. The number of thiophene rings is 1. The minimum atomic E-state index is -1.00. The molecule has 2 heterocycles. The molecule has 2 atom stereocenters. The first-order chi connectivity index (χ1) is 9.88. The highest BCUT2D eigenvalue weighted by atomic mass is 32.1. The molecule has 2 N–H and O–H groups in total. The monoisotopic (exact) mass is 309 g/mol. The topological polar surface area (TPSA) is 77.8 Å². The van der Waals surface area contributed by atoms with Crippen LogP contribution in [0.3, 0.4) is 0 Å². The number of likely N-dealkylation sites (tertiary alicyclic amines) is 1. The molecule has 0 radical (unpaired) electrons. The maximum absolute atomic E-state index is 12.4. The first kappa shape index (κ1) is 15.7. The summed E-state index contributed by atoms with van der Waals surface area (Å²) in [6.07, 6.45) is 3.01. The van der Waals surface area contributed by atoms with Crippen LogP contribution >= 0.6 is 11.3 Å². The highest BCUT2D eigenvalue weighted by Crippen LogP contribution is 2.27. The molecule has 6 heteroatoms. The van der Waals surface area contributed by atoms with E-state index in [0.29, 0.717) is 18.0 Å². The largest absolute Gasteiger partial charge is 0.478 e. The van der Waals surface area contributed by atoms with E-state index in [1.54, 1.807) is 17.9 Å². The van der Waals surface area contributed by atoms with Gasteiger partial charge in [0.15, 0.2) is 0 Å². The molecule has 0 spiro atoms. The number of carboxylic acids is 1. The van der Waals surface area contributed by atoms with Crippen molar-refractivity contribution in [3.63, 3.8) is 0 Å². The van der Waals surface area contributed by atoms with E-state index in [0.717, 1.165) is 22.9 Å². The zero-order valence-electron chi connectivity index (χ0n) is 12.1. The Morgan fingerprint density at radius 1 is 1.52 bits per heavy atom. The van der Waals surface area contributed by atoms with Crippen molar-refractivity contribution in [3.05, 3.63) is 27.5 Å². The van der Waals surface area contributed by atoms with E-state index in [1.807, 2.05) is 6.92 Å². The van der Waals surface area contributed by atoms with Gasteiger partial charge >= 0.3 is 5.97 Å². The van der Waals surface area contributed by atoms with E-state index in [9.17, 15) is 14.7 Å². The Balaban J connectivity index is 2.10. The summed E-state index contributed by atoms with van der Waals surface area (Å²) in [4.78, 5) is 26.1. The highest BCUT2D eigenvalue weighted by molar-refractivity contribution is 7.15. The molecule has 1 aromatic rings. The minimum absolute atomic E-state index is 0.0405. The molecule has 1 fully saturated rings. The molecule has 0 bridgehead atoms. The van der Waals surface area contributed by atoms with Crippen molar-refractivity contribution in [2.75, 3.05) is 13.1 Å². The van der Waals surface area contributed by atoms with E-state index in [1.165, 1.54) is 17.4 Å². The van der Waals surface area contributed by atoms with Gasteiger partial charge in [0.05, 0.1) is 11.0 Å². The van der Waals surface area contributed by atoms with E-state index in [2.05, 4.69) is 0 Å². The molecular weight excluding hydrogens is 290 g/mol. The molecule has 1 aliphatic rings. The van der Waals surface area contributed by atoms with Gasteiger partial charge in [0.1, 0.15) is 0 Å². The Bertz CT molecular complexity index is 576. The van der Waals surface area contributed by atoms with Crippen molar-refractivity contribution in [1.29, 1.82) is 0 Å². The minimum Gasteiger partial charge on any atom is -0.478 e. The lowest BCUT2D eigenvalue weighted by molar-refractivity contribution is -0.131. The summed E-state index contributed by atoms with van der Waals surface area (Å²) >= 11 is 1.30. The van der Waals surface area contributed by atoms with Crippen molar-refractivity contribution in [1.82, 2.24) is 4.90 Å². The van der Waals surface area contributed by atoms with Crippen LogP contribution in [0.15, 0.2) is 12.1 Å². The van der Waals surface area contributed by atoms with Gasteiger partial charge in [0, 0.05) is 30.0 Å². The predicted molar refractivity (Wildman–Crippen MR) is 81.4 cm³/mol. The molecule has 1 saturated heterocycles. The SMILES string of the molecule is Cc1cc(C(=O)N2CCC(C(C)O)C2)sc1/C=C/C(=O)O. The van der Waals surface area contributed by atoms with Crippen molar-refractivity contribution in [3.8, 4) is 0 Å². The molecule has 1 aliphatic heterocycles. The van der Waals surface area contributed by atoms with Gasteiger partial charge < -0.3 is 15.1 Å². The van der Waals surface area contributed by atoms with Crippen LogP contribution in [-0.4, -0.2) is 46.2 Å². The Morgan fingerprint density at radius 2 is 2.24 bits per heavy atom. The third-order valence-electron chi connectivity index (χ3n) is 3.74. The Hall–Kier alpha value is -1.66. The molecule has 0 aromatic carbocycles. The van der Waals surface area contributed by atoms with Gasteiger partial charge in [-0.15, -0.1) is 11.3 Å². The molecule has 1 aromatic heterocycles. The number of aliphatic carboxylic acids is 1. The average Bonchev–Trinajstić information content (AvgIpc) is 3.02. The van der Waals surface area contributed by atoms with Crippen molar-refractivity contribution in [2.24, 2.45) is 5.92 Å². The number of hydrogen-bond acceptors (Lipinski definition) is 4. The van der Waals surface area contributed by atoms with Gasteiger partial charge in [0.25, 0.3) is 5.91 Å². The molecule has 2 rings (SSSR count). The number of carbonyl (C=O) groups excluding carboxylic acids is 1. The standard InChI is InChI=1S/C15H19NO4S/c1-9-7-13(21-12(9)3-4-14(18)19)15(20)16-6-5-11(8-16)10(2)17/h3-4,7,10-11,17H,5-6,8H2,1-2H3,(H,18,19)/b4-3+. The fourth-order valence-electron chi connectivity index (χ4n) is 2.44. The Kier molecular flexibility index (Phi) is 4.80. The number of carboxylic acid groups (broad SMARTS) is 1. The third kappa shape index (κ3) is 3.71. The second kappa shape index (κ2) is 6.41. The van der Waals surface area contributed by atoms with Crippen LogP contribution in [0, 0.1) is 12.8 Å². The Labute approximate surface area is 127 Å². The lowest BCUT2D eigenvalue weighted by Gasteiger charge is -2.16. The van der Waals surface area contributed by atoms with Crippen molar-refractivity contribution < 1.29 is 19.8 Å². The molecular formula is C15H19NO4S. The number of aliphatic hydroxyl groups excluding tert-OH is 1. The van der Waals surface area contributed by atoms with Gasteiger partial charge in [-0.1, -0.05) is 0 Å². The number of carbonyl (C=O) groups is 2. The van der Waals surface area contributed by atoms with Gasteiger partial charge in [0.2, 0.25) is 0 Å². The summed E-state index contributed by atoms with van der Waals surface area (Å²) in [6, 6.07) is 1.80. The van der Waals surface area contributed by atoms with Crippen molar-refractivity contribution >= 4 is 29.3 Å². The zero-order valence-corrected chi connectivity index (χ0v) is 12.9. The van der Waals surface area contributed by atoms with Crippen LogP contribution in [0.5, 0.6) is 0 Å². The van der Waals surface area contributed by atoms with Gasteiger partial charge in [-0.05, 0) is 38.0 Å². The molecule has 0 saturated carbocycles. The molecule has 5 nitrogen and oxygen atoms in total. The van der Waals surface area contributed by atoms with E-state index < -0.39 is 12.1 Å². The highest BCUT2D eigenvalue weighted by Gasteiger charge is 2.30. The van der Waals surface area contributed by atoms with Gasteiger partial charge in [-0.2, -0.15) is 0 Å². The lowest BCUT2D eigenvalue weighted by Crippen LogP contribution is -2.29. The number of aliphatic hydroxyl groups is 1. The summed E-state index contributed by atoms with van der Waals surface area (Å²) in [5.74, 6) is -0.905. The quantitative estimate of drug-likeness (QED) is 0.834. The Morgan fingerprint density at radius 3 is 2.81 bits per heavy atom. The lowest BCUT2D eigenvalue weighted by atomic mass is 10.0. The molecule has 2 unspecified atom stereocenters.